The van der Waals surface area contributed by atoms with E-state index in [0.717, 1.165) is 70.5 Å². The molecule has 0 bridgehead atoms. The first-order chi connectivity index (χ1) is 17.6. The minimum atomic E-state index is -0.383. The Kier molecular flexibility index (Phi) is 8.02. The lowest BCUT2D eigenvalue weighted by molar-refractivity contribution is -0.125. The highest BCUT2D eigenvalue weighted by atomic mass is 16.2. The van der Waals surface area contributed by atoms with Crippen molar-refractivity contribution in [3.63, 3.8) is 0 Å². The number of carbonyl (C=O) groups is 2. The van der Waals surface area contributed by atoms with E-state index < -0.39 is 0 Å². The summed E-state index contributed by atoms with van der Waals surface area (Å²) in [5.41, 5.74) is 3.09. The average Bonchev–Trinajstić information content (AvgIpc) is 3.33. The Morgan fingerprint density at radius 2 is 1.53 bits per heavy atom. The molecule has 0 aromatic heterocycles. The molecule has 3 unspecified atom stereocenters. The van der Waals surface area contributed by atoms with Crippen LogP contribution < -0.4 is 5.32 Å². The molecule has 3 fully saturated rings. The molecule has 36 heavy (non-hydrogen) atoms. The minimum Gasteiger partial charge on any atom is -0.350 e. The van der Waals surface area contributed by atoms with Crippen molar-refractivity contribution in [1.29, 1.82) is 0 Å². The lowest BCUT2D eigenvalue weighted by Gasteiger charge is -2.34. The zero-order valence-corrected chi connectivity index (χ0v) is 21.6. The van der Waals surface area contributed by atoms with E-state index >= 15 is 0 Å². The summed E-state index contributed by atoms with van der Waals surface area (Å²) in [6.45, 7) is 9.36. The molecule has 1 saturated carbocycles. The van der Waals surface area contributed by atoms with Crippen molar-refractivity contribution in [3.8, 4) is 0 Å². The molecule has 6 nitrogen and oxygen atoms in total. The summed E-state index contributed by atoms with van der Waals surface area (Å²) in [5.74, 6) is 0.404. The highest BCUT2D eigenvalue weighted by Crippen LogP contribution is 2.40. The number of fused-ring (bicyclic) bond motifs is 1. The molecule has 0 spiro atoms. The number of likely N-dealkylation sites (tertiary alicyclic amines) is 1. The van der Waals surface area contributed by atoms with E-state index in [2.05, 4.69) is 46.3 Å². The van der Waals surface area contributed by atoms with E-state index in [1.54, 1.807) is 0 Å². The molecule has 2 aromatic rings. The Hall–Kier alpha value is -2.70. The van der Waals surface area contributed by atoms with Crippen molar-refractivity contribution >= 4 is 11.8 Å². The van der Waals surface area contributed by atoms with Crippen molar-refractivity contribution in [1.82, 2.24) is 20.0 Å². The van der Waals surface area contributed by atoms with E-state index in [1.807, 2.05) is 35.2 Å². The monoisotopic (exact) mass is 488 g/mol. The molecule has 5 rings (SSSR count). The fourth-order valence-electron chi connectivity index (χ4n) is 6.31. The van der Waals surface area contributed by atoms with E-state index in [-0.39, 0.29) is 23.9 Å². The molecule has 1 aliphatic carbocycles. The van der Waals surface area contributed by atoms with Gasteiger partial charge in [-0.3, -0.25) is 14.5 Å². The van der Waals surface area contributed by atoms with Crippen LogP contribution in [0.15, 0.2) is 54.6 Å². The molecular formula is C30H40N4O2. The van der Waals surface area contributed by atoms with Gasteiger partial charge in [0, 0.05) is 50.9 Å². The fraction of sp³-hybridized carbons (Fsp3) is 0.533. The molecule has 2 saturated heterocycles. The molecular weight excluding hydrogens is 448 g/mol. The van der Waals surface area contributed by atoms with Crippen LogP contribution in [-0.2, 0) is 17.9 Å². The molecule has 1 N–H and O–H groups in total. The van der Waals surface area contributed by atoms with Crippen LogP contribution in [0.5, 0.6) is 0 Å². The van der Waals surface area contributed by atoms with Crippen LogP contribution in [0.25, 0.3) is 0 Å². The average molecular weight is 489 g/mol. The number of hydrogen-bond acceptors (Lipinski definition) is 4. The fourth-order valence-corrected chi connectivity index (χ4v) is 6.31. The van der Waals surface area contributed by atoms with Crippen molar-refractivity contribution in [2.45, 2.75) is 64.2 Å². The predicted octanol–water partition coefficient (Wildman–Crippen LogP) is 3.91. The summed E-state index contributed by atoms with van der Waals surface area (Å²) in [4.78, 5) is 33.8. The lowest BCUT2D eigenvalue weighted by atomic mass is 9.84. The van der Waals surface area contributed by atoms with E-state index in [9.17, 15) is 9.59 Å². The highest BCUT2D eigenvalue weighted by molar-refractivity contribution is 5.98. The van der Waals surface area contributed by atoms with Crippen molar-refractivity contribution in [3.05, 3.63) is 71.3 Å². The highest BCUT2D eigenvalue weighted by Gasteiger charge is 2.47. The second-order valence-corrected chi connectivity index (χ2v) is 10.7. The predicted molar refractivity (Wildman–Crippen MR) is 142 cm³/mol. The van der Waals surface area contributed by atoms with Gasteiger partial charge in [-0.2, -0.15) is 0 Å². The van der Waals surface area contributed by atoms with Gasteiger partial charge in [0.15, 0.2) is 0 Å². The normalized spacial score (nSPS) is 24.9. The smallest absolute Gasteiger partial charge is 0.254 e. The second kappa shape index (κ2) is 11.6. The third-order valence-electron chi connectivity index (χ3n) is 8.45. The van der Waals surface area contributed by atoms with Crippen molar-refractivity contribution < 1.29 is 9.59 Å². The Labute approximate surface area is 215 Å². The molecule has 6 heteroatoms. The number of benzene rings is 2. The maximum absolute atomic E-state index is 13.5. The number of piperazine rings is 1. The minimum absolute atomic E-state index is 0.00530. The van der Waals surface area contributed by atoms with Gasteiger partial charge in [0.2, 0.25) is 5.91 Å². The summed E-state index contributed by atoms with van der Waals surface area (Å²) in [6, 6.07) is 17.8. The van der Waals surface area contributed by atoms with Gasteiger partial charge in [-0.05, 0) is 55.0 Å². The Bertz CT molecular complexity index is 1020. The van der Waals surface area contributed by atoms with Gasteiger partial charge in [-0.1, -0.05) is 62.2 Å². The summed E-state index contributed by atoms with van der Waals surface area (Å²) in [6.07, 6.45) is 5.22. The molecule has 3 atom stereocenters. The quantitative estimate of drug-likeness (QED) is 0.642. The summed E-state index contributed by atoms with van der Waals surface area (Å²) in [7, 11) is 0. The third kappa shape index (κ3) is 5.65. The summed E-state index contributed by atoms with van der Waals surface area (Å²) in [5, 5.41) is 3.15. The Balaban J connectivity index is 1.19. The molecule has 0 radical (unpaired) electrons. The molecule has 2 aromatic carbocycles. The van der Waals surface area contributed by atoms with Crippen molar-refractivity contribution in [2.75, 3.05) is 32.7 Å². The number of nitrogens with zero attached hydrogens (tertiary/aromatic N) is 3. The first-order valence-electron chi connectivity index (χ1n) is 13.8. The van der Waals surface area contributed by atoms with E-state index in [0.29, 0.717) is 18.0 Å². The summed E-state index contributed by atoms with van der Waals surface area (Å²) < 4.78 is 0. The Morgan fingerprint density at radius 1 is 0.861 bits per heavy atom. The van der Waals surface area contributed by atoms with Gasteiger partial charge in [-0.25, -0.2) is 0 Å². The van der Waals surface area contributed by atoms with Crippen LogP contribution in [0.1, 0.15) is 60.5 Å². The van der Waals surface area contributed by atoms with E-state index in [4.69, 9.17) is 0 Å². The molecule has 3 aliphatic rings. The topological polar surface area (TPSA) is 55.9 Å². The maximum Gasteiger partial charge on any atom is 0.254 e. The number of carbonyl (C=O) groups excluding carboxylic acids is 2. The molecule has 2 heterocycles. The zero-order chi connectivity index (χ0) is 24.9. The number of rotatable bonds is 7. The number of likely N-dealkylation sites (N-methyl/N-ethyl adjacent to an activating group) is 1. The van der Waals surface area contributed by atoms with Crippen LogP contribution in [0.3, 0.4) is 0 Å². The van der Waals surface area contributed by atoms with E-state index in [1.165, 1.54) is 12.0 Å². The number of hydrogen-bond donors (Lipinski definition) is 1. The van der Waals surface area contributed by atoms with Gasteiger partial charge < -0.3 is 15.1 Å². The molecule has 192 valence electrons. The van der Waals surface area contributed by atoms with Gasteiger partial charge in [0.05, 0.1) is 0 Å². The van der Waals surface area contributed by atoms with Gasteiger partial charge in [-0.15, -0.1) is 0 Å². The number of amides is 2. The third-order valence-corrected chi connectivity index (χ3v) is 8.45. The molecule has 2 amide bonds. The lowest BCUT2D eigenvalue weighted by Crippen LogP contribution is -2.49. The number of nitrogens with one attached hydrogen (secondary N) is 1. The first-order valence-corrected chi connectivity index (χ1v) is 13.8. The summed E-state index contributed by atoms with van der Waals surface area (Å²) >= 11 is 0. The standard InChI is InChI=1S/C30H40N4O2/c1-2-32-16-18-33(19-17-32)22-24-14-12-23(13-15-24)21-31-29(35)28-20-26-10-6-7-11-27(26)34(28)30(36)25-8-4-3-5-9-25/h3-5,8-9,12-15,26-28H,2,6-7,10-11,16-22H2,1H3,(H,31,35). The van der Waals surface area contributed by atoms with Gasteiger partial charge >= 0.3 is 0 Å². The first kappa shape index (κ1) is 25.0. The SMILES string of the molecule is CCN1CCN(Cc2ccc(CNC(=O)C3CC4CCCCC4N3C(=O)c3ccccc3)cc2)CC1. The second-order valence-electron chi connectivity index (χ2n) is 10.7. The van der Waals surface area contributed by atoms with Crippen LogP contribution in [0, 0.1) is 5.92 Å². The van der Waals surface area contributed by atoms with Crippen LogP contribution in [0.4, 0.5) is 0 Å². The van der Waals surface area contributed by atoms with Crippen LogP contribution in [-0.4, -0.2) is 71.3 Å². The van der Waals surface area contributed by atoms with Gasteiger partial charge in [0.1, 0.15) is 6.04 Å². The van der Waals surface area contributed by atoms with Crippen LogP contribution >= 0.6 is 0 Å². The van der Waals surface area contributed by atoms with Crippen molar-refractivity contribution in [2.24, 2.45) is 5.92 Å². The maximum atomic E-state index is 13.5. The van der Waals surface area contributed by atoms with Gasteiger partial charge in [0.25, 0.3) is 5.91 Å². The van der Waals surface area contributed by atoms with Crippen LogP contribution in [0.2, 0.25) is 0 Å². The largest absolute Gasteiger partial charge is 0.350 e. The zero-order valence-electron chi connectivity index (χ0n) is 21.6. The molecule has 2 aliphatic heterocycles. The Morgan fingerprint density at radius 3 is 2.25 bits per heavy atom.